The van der Waals surface area contributed by atoms with E-state index >= 15 is 0 Å². The number of hydrogen-bond donors (Lipinski definition) is 1. The van der Waals surface area contributed by atoms with E-state index in [4.69, 9.17) is 9.82 Å². The summed E-state index contributed by atoms with van der Waals surface area (Å²) in [7, 11) is 0. The minimum atomic E-state index is -0.230. The molecule has 1 saturated heterocycles. The molecule has 6 heteroatoms. The topological polar surface area (TPSA) is 58.0 Å². The van der Waals surface area contributed by atoms with E-state index in [2.05, 4.69) is 15.4 Å². The quantitative estimate of drug-likeness (QED) is 0.933. The molecule has 0 amide bonds. The molecule has 2 aromatic rings. The van der Waals surface area contributed by atoms with Gasteiger partial charge in [0.2, 0.25) is 0 Å². The lowest BCUT2D eigenvalue weighted by Crippen LogP contribution is -2.29. The van der Waals surface area contributed by atoms with Crippen LogP contribution in [0.1, 0.15) is 43.0 Å². The van der Waals surface area contributed by atoms with Gasteiger partial charge in [-0.2, -0.15) is 0 Å². The number of para-hydroxylation sites is 1. The van der Waals surface area contributed by atoms with Crippen molar-refractivity contribution in [3.05, 3.63) is 40.9 Å². The number of thiazole rings is 1. The summed E-state index contributed by atoms with van der Waals surface area (Å²) in [6.07, 6.45) is 4.22. The van der Waals surface area contributed by atoms with Crippen LogP contribution < -0.4 is 4.90 Å². The van der Waals surface area contributed by atoms with E-state index < -0.39 is 0 Å². The van der Waals surface area contributed by atoms with E-state index in [0.29, 0.717) is 6.42 Å². The zero-order chi connectivity index (χ0) is 15.6. The van der Waals surface area contributed by atoms with Crippen molar-refractivity contribution in [3.63, 3.8) is 0 Å². The van der Waals surface area contributed by atoms with Crippen molar-refractivity contribution < 1.29 is 9.94 Å². The second-order valence-corrected chi connectivity index (χ2v) is 6.79. The molecule has 1 aromatic carbocycles. The van der Waals surface area contributed by atoms with Crippen LogP contribution in [0.3, 0.4) is 0 Å². The zero-order valence-electron chi connectivity index (χ0n) is 12.8. The normalized spacial score (nSPS) is 21.1. The van der Waals surface area contributed by atoms with Gasteiger partial charge in [-0.15, -0.1) is 11.3 Å². The van der Waals surface area contributed by atoms with E-state index in [1.165, 1.54) is 19.3 Å². The molecule has 23 heavy (non-hydrogen) atoms. The molecule has 1 N–H and O–H groups in total. The Hall–Kier alpha value is -2.08. The first-order valence-electron chi connectivity index (χ1n) is 8.03. The van der Waals surface area contributed by atoms with Crippen LogP contribution >= 0.6 is 11.3 Å². The maximum absolute atomic E-state index is 9.95. The van der Waals surface area contributed by atoms with Crippen LogP contribution in [0, 0.1) is 0 Å². The zero-order valence-corrected chi connectivity index (χ0v) is 13.6. The number of oxime groups is 1. The molecule has 0 aliphatic carbocycles. The van der Waals surface area contributed by atoms with Gasteiger partial charge in [-0.25, -0.2) is 4.98 Å². The first kappa shape index (κ1) is 14.5. The number of aromatic hydroxyl groups is 1. The van der Waals surface area contributed by atoms with Gasteiger partial charge in [0.1, 0.15) is 17.2 Å². The summed E-state index contributed by atoms with van der Waals surface area (Å²) < 4.78 is 0. The molecule has 1 aromatic heterocycles. The molecule has 0 spiro atoms. The van der Waals surface area contributed by atoms with Crippen molar-refractivity contribution >= 4 is 22.2 Å². The average Bonchev–Trinajstić information content (AvgIpc) is 3.25. The van der Waals surface area contributed by atoms with E-state index in [-0.39, 0.29) is 11.9 Å². The van der Waals surface area contributed by atoms with Crippen LogP contribution in [0.5, 0.6) is 5.75 Å². The van der Waals surface area contributed by atoms with Crippen molar-refractivity contribution in [2.75, 3.05) is 18.0 Å². The first-order chi connectivity index (χ1) is 11.3. The number of phenols is 1. The van der Waals surface area contributed by atoms with Gasteiger partial charge in [-0.1, -0.05) is 23.4 Å². The van der Waals surface area contributed by atoms with Gasteiger partial charge >= 0.3 is 0 Å². The number of hydrogen-bond acceptors (Lipinski definition) is 6. The third-order valence-corrected chi connectivity index (χ3v) is 5.27. The molecule has 4 rings (SSSR count). The fourth-order valence-electron chi connectivity index (χ4n) is 3.08. The van der Waals surface area contributed by atoms with E-state index in [1.807, 2.05) is 12.1 Å². The third kappa shape index (κ3) is 2.91. The van der Waals surface area contributed by atoms with Crippen molar-refractivity contribution in [2.24, 2.45) is 5.16 Å². The predicted molar refractivity (Wildman–Crippen MR) is 91.3 cm³/mol. The summed E-state index contributed by atoms with van der Waals surface area (Å²) >= 11 is 1.67. The summed E-state index contributed by atoms with van der Waals surface area (Å²) in [4.78, 5) is 12.6. The molecule has 0 saturated carbocycles. The maximum Gasteiger partial charge on any atom is 0.185 e. The Morgan fingerprint density at radius 3 is 2.83 bits per heavy atom. The number of anilines is 1. The number of benzene rings is 1. The summed E-state index contributed by atoms with van der Waals surface area (Å²) in [6, 6.07) is 7.25. The lowest BCUT2D eigenvalue weighted by molar-refractivity contribution is 0.0838. The van der Waals surface area contributed by atoms with Crippen molar-refractivity contribution in [2.45, 2.75) is 31.8 Å². The average molecular weight is 329 g/mol. The lowest BCUT2D eigenvalue weighted by atomic mass is 10.0. The molecule has 3 heterocycles. The Balaban J connectivity index is 1.47. The van der Waals surface area contributed by atoms with Gasteiger partial charge in [-0.05, 0) is 25.3 Å². The molecule has 2 aliphatic rings. The molecule has 1 atom stereocenters. The number of nitrogens with zero attached hydrogens (tertiary/aromatic N) is 3. The molecule has 2 aliphatic heterocycles. The van der Waals surface area contributed by atoms with Crippen LogP contribution in [-0.4, -0.2) is 28.9 Å². The SMILES string of the molecule is Oc1ccccc1C1CC(c2csc(N3CCCCC3)n2)=NO1. The fourth-order valence-corrected chi connectivity index (χ4v) is 3.97. The first-order valence-corrected chi connectivity index (χ1v) is 8.90. The summed E-state index contributed by atoms with van der Waals surface area (Å²) in [5.74, 6) is 0.251. The van der Waals surface area contributed by atoms with Crippen LogP contribution in [0.4, 0.5) is 5.13 Å². The van der Waals surface area contributed by atoms with E-state index in [1.54, 1.807) is 23.5 Å². The Morgan fingerprint density at radius 2 is 2.00 bits per heavy atom. The predicted octanol–water partition coefficient (Wildman–Crippen LogP) is 3.70. The highest BCUT2D eigenvalue weighted by Gasteiger charge is 2.27. The number of rotatable bonds is 3. The summed E-state index contributed by atoms with van der Waals surface area (Å²) in [5, 5.41) is 17.3. The Bertz CT molecular complexity index is 722. The highest BCUT2D eigenvalue weighted by atomic mass is 32.1. The number of aromatic nitrogens is 1. The van der Waals surface area contributed by atoms with E-state index in [0.717, 1.165) is 35.2 Å². The Kier molecular flexibility index (Phi) is 3.91. The highest BCUT2D eigenvalue weighted by molar-refractivity contribution is 7.14. The minimum Gasteiger partial charge on any atom is -0.508 e. The third-order valence-electron chi connectivity index (χ3n) is 4.37. The van der Waals surface area contributed by atoms with E-state index in [9.17, 15) is 5.11 Å². The van der Waals surface area contributed by atoms with Gasteiger partial charge in [0, 0.05) is 30.5 Å². The molecular formula is C17H19N3O2S. The van der Waals surface area contributed by atoms with Gasteiger partial charge in [0.05, 0.1) is 0 Å². The number of phenolic OH excluding ortho intramolecular Hbond substituents is 1. The standard InChI is InChI=1S/C17H19N3O2S/c21-15-7-3-2-6-12(15)16-10-13(19-22-16)14-11-23-17(18-14)20-8-4-1-5-9-20/h2-3,6-7,11,16,21H,1,4-5,8-10H2. The van der Waals surface area contributed by atoms with Crippen LogP contribution in [0.25, 0.3) is 0 Å². The molecule has 0 radical (unpaired) electrons. The van der Waals surface area contributed by atoms with Crippen LogP contribution in [0.15, 0.2) is 34.8 Å². The molecular weight excluding hydrogens is 310 g/mol. The Labute approximate surface area is 139 Å². The monoisotopic (exact) mass is 329 g/mol. The lowest BCUT2D eigenvalue weighted by Gasteiger charge is -2.25. The molecule has 0 bridgehead atoms. The van der Waals surface area contributed by atoms with Gasteiger partial charge in [0.25, 0.3) is 0 Å². The van der Waals surface area contributed by atoms with Crippen LogP contribution in [0.2, 0.25) is 0 Å². The largest absolute Gasteiger partial charge is 0.508 e. The second kappa shape index (κ2) is 6.20. The van der Waals surface area contributed by atoms with Crippen LogP contribution in [-0.2, 0) is 4.84 Å². The Morgan fingerprint density at radius 1 is 1.17 bits per heavy atom. The van der Waals surface area contributed by atoms with Crippen molar-refractivity contribution in [1.29, 1.82) is 0 Å². The molecule has 1 unspecified atom stereocenters. The highest BCUT2D eigenvalue weighted by Crippen LogP contribution is 2.35. The smallest absolute Gasteiger partial charge is 0.185 e. The van der Waals surface area contributed by atoms with Gasteiger partial charge in [-0.3, -0.25) is 0 Å². The summed E-state index contributed by atoms with van der Waals surface area (Å²) in [5.41, 5.74) is 2.53. The molecule has 120 valence electrons. The van der Waals surface area contributed by atoms with Gasteiger partial charge < -0.3 is 14.8 Å². The fraction of sp³-hybridized carbons (Fsp3) is 0.412. The minimum absolute atomic E-state index is 0.230. The second-order valence-electron chi connectivity index (χ2n) is 5.96. The number of piperidine rings is 1. The molecule has 5 nitrogen and oxygen atoms in total. The van der Waals surface area contributed by atoms with Crippen molar-refractivity contribution in [3.8, 4) is 5.75 Å². The maximum atomic E-state index is 9.95. The van der Waals surface area contributed by atoms with Gasteiger partial charge in [0.15, 0.2) is 11.2 Å². The molecule has 1 fully saturated rings. The summed E-state index contributed by atoms with van der Waals surface area (Å²) in [6.45, 7) is 2.19. The van der Waals surface area contributed by atoms with Crippen molar-refractivity contribution in [1.82, 2.24) is 4.98 Å².